The highest BCUT2D eigenvalue weighted by atomic mass is 16.6. The molecule has 1 aromatic rings. The predicted molar refractivity (Wildman–Crippen MR) is 83.9 cm³/mol. The third-order valence-electron chi connectivity index (χ3n) is 2.77. The van der Waals surface area contributed by atoms with E-state index in [-0.39, 0.29) is 12.5 Å². The second kappa shape index (κ2) is 9.97. The molecule has 0 aliphatic carbocycles. The van der Waals surface area contributed by atoms with Crippen molar-refractivity contribution in [3.8, 4) is 0 Å². The zero-order chi connectivity index (χ0) is 18.0. The van der Waals surface area contributed by atoms with Crippen molar-refractivity contribution in [3.63, 3.8) is 0 Å². The molecule has 0 aliphatic heterocycles. The Balaban J connectivity index is 0.00000108. The minimum Gasteiger partial charge on any atom is -0.550 e. The first kappa shape index (κ1) is 21.1. The van der Waals surface area contributed by atoms with E-state index in [2.05, 4.69) is 5.73 Å². The predicted octanol–water partition coefficient (Wildman–Crippen LogP) is -0.454. The Bertz CT molecular complexity index is 478. The first-order valence-corrected chi connectivity index (χ1v) is 7.48. The van der Waals surface area contributed by atoms with Gasteiger partial charge in [0.25, 0.3) is 0 Å². The van der Waals surface area contributed by atoms with E-state index < -0.39 is 23.6 Å². The van der Waals surface area contributed by atoms with E-state index in [9.17, 15) is 9.90 Å². The zero-order valence-corrected chi connectivity index (χ0v) is 14.2. The first-order chi connectivity index (χ1) is 10.6. The third-order valence-corrected chi connectivity index (χ3v) is 2.77. The van der Waals surface area contributed by atoms with Gasteiger partial charge in [-0.25, -0.2) is 0 Å². The van der Waals surface area contributed by atoms with Crippen LogP contribution in [0.3, 0.4) is 0 Å². The number of ether oxygens (including phenoxy) is 1. The lowest BCUT2D eigenvalue weighted by Crippen LogP contribution is -2.58. The summed E-state index contributed by atoms with van der Waals surface area (Å²) in [6.07, 6.45) is -0.318. The molecule has 0 unspecified atom stereocenters. The molecule has 2 atom stereocenters. The molecule has 0 radical (unpaired) electrons. The lowest BCUT2D eigenvalue weighted by molar-refractivity contribution is -0.386. The Morgan fingerprint density at radius 2 is 1.74 bits per heavy atom. The van der Waals surface area contributed by atoms with Gasteiger partial charge in [-0.05, 0) is 39.7 Å². The molecule has 0 spiro atoms. The van der Waals surface area contributed by atoms with E-state index in [1.165, 1.54) is 0 Å². The molecule has 1 rings (SSSR count). The standard InChI is InChI=1S/C15H23NO3.C2H4O2/c1-15(2,3)19-14(18)12(13(17)10-16)9-11-7-5-4-6-8-11;1-2(3)4/h4-8,12-13,17H,9-10,16H2,1-3H3;1H3,(H,3,4)/t12-,13-;/m1./s1. The van der Waals surface area contributed by atoms with Gasteiger partial charge in [0.1, 0.15) is 18.2 Å². The molecule has 0 bridgehead atoms. The number of esters is 1. The van der Waals surface area contributed by atoms with Crippen LogP contribution < -0.4 is 10.8 Å². The highest BCUT2D eigenvalue weighted by Crippen LogP contribution is 2.18. The molecular weight excluding hydrogens is 298 g/mol. The number of aliphatic hydroxyl groups is 1. The Hall–Kier alpha value is -1.92. The first-order valence-electron chi connectivity index (χ1n) is 7.48. The van der Waals surface area contributed by atoms with E-state index in [1.54, 1.807) is 0 Å². The van der Waals surface area contributed by atoms with Gasteiger partial charge >= 0.3 is 5.97 Å². The summed E-state index contributed by atoms with van der Waals surface area (Å²) in [5, 5.41) is 18.9. The van der Waals surface area contributed by atoms with Crippen molar-refractivity contribution in [3.05, 3.63) is 35.9 Å². The fourth-order valence-electron chi connectivity index (χ4n) is 1.82. The summed E-state index contributed by atoms with van der Waals surface area (Å²) in [4.78, 5) is 21.0. The Morgan fingerprint density at radius 3 is 2.13 bits per heavy atom. The molecule has 23 heavy (non-hydrogen) atoms. The molecule has 1 aromatic carbocycles. The fourth-order valence-corrected chi connectivity index (χ4v) is 1.82. The van der Waals surface area contributed by atoms with Gasteiger partial charge in [-0.3, -0.25) is 4.79 Å². The lowest BCUT2D eigenvalue weighted by Gasteiger charge is -2.25. The quantitative estimate of drug-likeness (QED) is 0.711. The number of aliphatic carboxylic acids is 1. The summed E-state index contributed by atoms with van der Waals surface area (Å²) < 4.78 is 5.37. The van der Waals surface area contributed by atoms with E-state index in [1.807, 2.05) is 51.1 Å². The van der Waals surface area contributed by atoms with E-state index in [0.717, 1.165) is 12.5 Å². The molecule has 0 heterocycles. The van der Waals surface area contributed by atoms with Gasteiger partial charge in [-0.1, -0.05) is 30.3 Å². The normalized spacial score (nSPS) is 13.3. The summed E-state index contributed by atoms with van der Waals surface area (Å²) in [5.41, 5.74) is 4.13. The topological polar surface area (TPSA) is 114 Å². The van der Waals surface area contributed by atoms with Crippen LogP contribution in [0.4, 0.5) is 0 Å². The monoisotopic (exact) mass is 325 g/mol. The van der Waals surface area contributed by atoms with E-state index in [4.69, 9.17) is 14.6 Å². The smallest absolute Gasteiger partial charge is 0.312 e. The van der Waals surface area contributed by atoms with Gasteiger partial charge in [-0.2, -0.15) is 0 Å². The SMILES string of the molecule is CC(=O)[O-].CC(C)(C)OC(=O)[C@H](Cc1ccccc1)[C@H](O)C[NH3+]. The fraction of sp³-hybridized carbons (Fsp3) is 0.529. The van der Waals surface area contributed by atoms with E-state index >= 15 is 0 Å². The van der Waals surface area contributed by atoms with E-state index in [0.29, 0.717) is 6.42 Å². The molecule has 0 saturated heterocycles. The van der Waals surface area contributed by atoms with Gasteiger partial charge in [0.05, 0.1) is 5.92 Å². The minimum atomic E-state index is -1.08. The molecular formula is C17H27NO5. The van der Waals surface area contributed by atoms with Gasteiger partial charge in [0.2, 0.25) is 0 Å². The number of carboxylic acids is 1. The third kappa shape index (κ3) is 10.4. The van der Waals surface area contributed by atoms with Gasteiger partial charge in [0, 0.05) is 5.97 Å². The number of carbonyl (C=O) groups excluding carboxylic acids is 2. The van der Waals surface area contributed by atoms with Crippen LogP contribution in [-0.4, -0.2) is 35.3 Å². The molecule has 6 nitrogen and oxygen atoms in total. The van der Waals surface area contributed by atoms with Crippen molar-refractivity contribution in [2.45, 2.75) is 45.8 Å². The molecule has 0 fully saturated rings. The molecule has 0 saturated carbocycles. The van der Waals surface area contributed by atoms with Crippen molar-refractivity contribution < 1.29 is 30.3 Å². The average molecular weight is 325 g/mol. The highest BCUT2D eigenvalue weighted by Gasteiger charge is 2.31. The minimum absolute atomic E-state index is 0.288. The molecule has 0 aliphatic rings. The van der Waals surface area contributed by atoms with Gasteiger partial charge in [0.15, 0.2) is 0 Å². The van der Waals surface area contributed by atoms with Gasteiger partial charge in [-0.15, -0.1) is 0 Å². The Kier molecular flexibility index (Phi) is 9.14. The summed E-state index contributed by atoms with van der Waals surface area (Å²) in [6.45, 7) is 6.72. The summed E-state index contributed by atoms with van der Waals surface area (Å²) >= 11 is 0. The average Bonchev–Trinajstić information content (AvgIpc) is 2.42. The van der Waals surface area contributed by atoms with Crippen LogP contribution in [0.1, 0.15) is 33.3 Å². The number of carbonyl (C=O) groups is 2. The molecule has 0 amide bonds. The maximum Gasteiger partial charge on any atom is 0.312 e. The van der Waals surface area contributed by atoms with Crippen molar-refractivity contribution in [2.24, 2.45) is 5.92 Å². The van der Waals surface area contributed by atoms with Gasteiger partial charge < -0.3 is 25.5 Å². The Labute approximate surface area is 137 Å². The summed E-state index contributed by atoms with van der Waals surface area (Å²) in [6, 6.07) is 9.63. The second-order valence-corrected chi connectivity index (χ2v) is 6.18. The van der Waals surface area contributed by atoms with Crippen molar-refractivity contribution in [1.82, 2.24) is 0 Å². The number of hydrogen-bond donors (Lipinski definition) is 2. The van der Waals surface area contributed by atoms with Crippen LogP contribution in [0.2, 0.25) is 0 Å². The van der Waals surface area contributed by atoms with Crippen molar-refractivity contribution in [2.75, 3.05) is 6.54 Å². The summed E-state index contributed by atoms with van der Waals surface area (Å²) in [7, 11) is 0. The largest absolute Gasteiger partial charge is 0.550 e. The summed E-state index contributed by atoms with van der Waals surface area (Å²) in [5.74, 6) is -2.02. The number of hydrogen-bond acceptors (Lipinski definition) is 5. The molecule has 0 aromatic heterocycles. The number of rotatable bonds is 5. The Morgan fingerprint density at radius 1 is 1.26 bits per heavy atom. The van der Waals surface area contributed by atoms with Crippen LogP contribution in [0.25, 0.3) is 0 Å². The van der Waals surface area contributed by atoms with Crippen molar-refractivity contribution >= 4 is 11.9 Å². The number of aliphatic hydroxyl groups excluding tert-OH is 1. The van der Waals surface area contributed by atoms with Crippen LogP contribution in [-0.2, 0) is 20.7 Å². The van der Waals surface area contributed by atoms with Crippen LogP contribution in [0, 0.1) is 5.92 Å². The number of carboxylic acid groups (broad SMARTS) is 1. The highest BCUT2D eigenvalue weighted by molar-refractivity contribution is 5.74. The molecule has 4 N–H and O–H groups in total. The van der Waals surface area contributed by atoms with Crippen molar-refractivity contribution in [1.29, 1.82) is 0 Å². The van der Waals surface area contributed by atoms with Crippen LogP contribution in [0.15, 0.2) is 30.3 Å². The zero-order valence-electron chi connectivity index (χ0n) is 14.2. The van der Waals surface area contributed by atoms with Crippen LogP contribution in [0.5, 0.6) is 0 Å². The van der Waals surface area contributed by atoms with Crippen LogP contribution >= 0.6 is 0 Å². The molecule has 130 valence electrons. The maximum absolute atomic E-state index is 12.2. The number of quaternary nitrogens is 1. The number of benzene rings is 1. The lowest BCUT2D eigenvalue weighted by atomic mass is 9.93. The molecule has 6 heteroatoms. The maximum atomic E-state index is 12.2. The second-order valence-electron chi connectivity index (χ2n) is 6.18.